The molecule has 0 unspecified atom stereocenters. The molecule has 1 heterocycles. The molecule has 0 bridgehead atoms. The van der Waals surface area contributed by atoms with Crippen molar-refractivity contribution in [1.82, 2.24) is 4.90 Å². The summed E-state index contributed by atoms with van der Waals surface area (Å²) in [5.41, 5.74) is 6.78. The van der Waals surface area contributed by atoms with Crippen LogP contribution in [-0.2, 0) is 6.54 Å². The van der Waals surface area contributed by atoms with E-state index >= 15 is 0 Å². The van der Waals surface area contributed by atoms with Gasteiger partial charge in [-0.15, -0.1) is 0 Å². The van der Waals surface area contributed by atoms with Crippen molar-refractivity contribution >= 4 is 0 Å². The van der Waals surface area contributed by atoms with Gasteiger partial charge in [0.05, 0.1) is 0 Å². The van der Waals surface area contributed by atoms with Crippen LogP contribution in [0.3, 0.4) is 0 Å². The zero-order valence-corrected chi connectivity index (χ0v) is 11.3. The Morgan fingerprint density at radius 3 is 3.11 bits per heavy atom. The highest BCUT2D eigenvalue weighted by Crippen LogP contribution is 2.20. The van der Waals surface area contributed by atoms with Crippen LogP contribution >= 0.6 is 0 Å². The average Bonchev–Trinajstić information content (AvgIpc) is 2.37. The second-order valence-corrected chi connectivity index (χ2v) is 5.27. The van der Waals surface area contributed by atoms with Crippen LogP contribution in [0.2, 0.25) is 0 Å². The molecule has 18 heavy (non-hydrogen) atoms. The molecule has 1 aliphatic heterocycles. The van der Waals surface area contributed by atoms with Crippen LogP contribution < -0.4 is 10.5 Å². The SMILES string of the molecule is C[C@@H]1CCCN(Cc2cccc(OCCN)c2)C1. The summed E-state index contributed by atoms with van der Waals surface area (Å²) in [6.45, 7) is 6.96. The van der Waals surface area contributed by atoms with E-state index < -0.39 is 0 Å². The van der Waals surface area contributed by atoms with Gasteiger partial charge in [0.25, 0.3) is 0 Å². The van der Waals surface area contributed by atoms with Crippen molar-refractivity contribution in [2.45, 2.75) is 26.3 Å². The Kier molecular flexibility index (Phi) is 5.02. The van der Waals surface area contributed by atoms with E-state index in [1.807, 2.05) is 6.07 Å². The molecule has 1 atom stereocenters. The largest absolute Gasteiger partial charge is 0.492 e. The monoisotopic (exact) mass is 248 g/mol. The van der Waals surface area contributed by atoms with E-state index in [0.717, 1.165) is 18.2 Å². The summed E-state index contributed by atoms with van der Waals surface area (Å²) in [6.07, 6.45) is 2.70. The van der Waals surface area contributed by atoms with Gasteiger partial charge in [-0.2, -0.15) is 0 Å². The summed E-state index contributed by atoms with van der Waals surface area (Å²) in [5.74, 6) is 1.76. The minimum atomic E-state index is 0.563. The molecule has 100 valence electrons. The normalized spacial score (nSPS) is 20.9. The lowest BCUT2D eigenvalue weighted by molar-refractivity contribution is 0.176. The molecule has 0 saturated carbocycles. The number of likely N-dealkylation sites (tertiary alicyclic amines) is 1. The number of benzene rings is 1. The minimum absolute atomic E-state index is 0.563. The van der Waals surface area contributed by atoms with Gasteiger partial charge in [-0.1, -0.05) is 19.1 Å². The molecule has 2 N–H and O–H groups in total. The van der Waals surface area contributed by atoms with Crippen molar-refractivity contribution in [1.29, 1.82) is 0 Å². The third-order valence-corrected chi connectivity index (χ3v) is 3.43. The van der Waals surface area contributed by atoms with Crippen molar-refractivity contribution in [3.63, 3.8) is 0 Å². The van der Waals surface area contributed by atoms with E-state index in [-0.39, 0.29) is 0 Å². The molecular weight excluding hydrogens is 224 g/mol. The first-order valence-corrected chi connectivity index (χ1v) is 6.92. The van der Waals surface area contributed by atoms with Gasteiger partial charge < -0.3 is 10.5 Å². The molecule has 0 amide bonds. The summed E-state index contributed by atoms with van der Waals surface area (Å²) in [5, 5.41) is 0. The minimum Gasteiger partial charge on any atom is -0.492 e. The Morgan fingerprint density at radius 2 is 2.33 bits per heavy atom. The van der Waals surface area contributed by atoms with E-state index in [9.17, 15) is 0 Å². The van der Waals surface area contributed by atoms with Gasteiger partial charge in [0, 0.05) is 19.6 Å². The Bertz CT molecular complexity index is 367. The predicted octanol–water partition coefficient (Wildman–Crippen LogP) is 2.26. The maximum Gasteiger partial charge on any atom is 0.119 e. The van der Waals surface area contributed by atoms with Gasteiger partial charge in [-0.05, 0) is 43.0 Å². The molecule has 0 aromatic heterocycles. The molecule has 1 aromatic carbocycles. The van der Waals surface area contributed by atoms with Gasteiger partial charge in [-0.25, -0.2) is 0 Å². The molecule has 1 saturated heterocycles. The molecule has 1 aliphatic rings. The molecule has 0 aliphatic carbocycles. The van der Waals surface area contributed by atoms with Crippen LogP contribution in [0.4, 0.5) is 0 Å². The summed E-state index contributed by atoms with van der Waals surface area (Å²) in [6, 6.07) is 8.37. The van der Waals surface area contributed by atoms with E-state index in [2.05, 4.69) is 30.0 Å². The molecular formula is C15H24N2O. The smallest absolute Gasteiger partial charge is 0.119 e. The van der Waals surface area contributed by atoms with Crippen molar-refractivity contribution in [3.05, 3.63) is 29.8 Å². The first-order chi connectivity index (χ1) is 8.78. The number of hydrogen-bond acceptors (Lipinski definition) is 3. The average molecular weight is 248 g/mol. The van der Waals surface area contributed by atoms with Gasteiger partial charge in [-0.3, -0.25) is 4.90 Å². The summed E-state index contributed by atoms with van der Waals surface area (Å²) in [4.78, 5) is 2.54. The molecule has 3 nitrogen and oxygen atoms in total. The highest BCUT2D eigenvalue weighted by atomic mass is 16.5. The number of ether oxygens (including phenoxy) is 1. The summed E-state index contributed by atoms with van der Waals surface area (Å²) in [7, 11) is 0. The lowest BCUT2D eigenvalue weighted by Crippen LogP contribution is -2.33. The van der Waals surface area contributed by atoms with Crippen LogP contribution in [0.15, 0.2) is 24.3 Å². The third-order valence-electron chi connectivity index (χ3n) is 3.43. The van der Waals surface area contributed by atoms with Crippen molar-refractivity contribution < 1.29 is 4.74 Å². The molecule has 0 spiro atoms. The maximum absolute atomic E-state index is 5.56. The van der Waals surface area contributed by atoms with Crippen LogP contribution in [-0.4, -0.2) is 31.1 Å². The zero-order chi connectivity index (χ0) is 12.8. The number of nitrogens with two attached hydrogens (primary N) is 1. The second kappa shape index (κ2) is 6.76. The van der Waals surface area contributed by atoms with Crippen molar-refractivity contribution in [3.8, 4) is 5.75 Å². The molecule has 1 aromatic rings. The Hall–Kier alpha value is -1.06. The summed E-state index contributed by atoms with van der Waals surface area (Å²) < 4.78 is 5.56. The van der Waals surface area contributed by atoms with E-state index in [1.165, 1.54) is 31.5 Å². The number of hydrogen-bond donors (Lipinski definition) is 1. The standard InChI is InChI=1S/C15H24N2O/c1-13-4-3-8-17(11-13)12-14-5-2-6-15(10-14)18-9-7-16/h2,5-6,10,13H,3-4,7-9,11-12,16H2,1H3/t13-/m1/s1. The lowest BCUT2D eigenvalue weighted by atomic mass is 10.00. The first-order valence-electron chi connectivity index (χ1n) is 6.92. The molecule has 0 radical (unpaired) electrons. The highest BCUT2D eigenvalue weighted by molar-refractivity contribution is 5.28. The van der Waals surface area contributed by atoms with Crippen LogP contribution in [0.1, 0.15) is 25.3 Å². The van der Waals surface area contributed by atoms with Crippen LogP contribution in [0, 0.1) is 5.92 Å². The fraction of sp³-hybridized carbons (Fsp3) is 0.600. The lowest BCUT2D eigenvalue weighted by Gasteiger charge is -2.30. The van der Waals surface area contributed by atoms with Gasteiger partial charge in [0.2, 0.25) is 0 Å². The topological polar surface area (TPSA) is 38.5 Å². The molecule has 3 heteroatoms. The van der Waals surface area contributed by atoms with Gasteiger partial charge >= 0.3 is 0 Å². The first kappa shape index (κ1) is 13.4. The van der Waals surface area contributed by atoms with E-state index in [0.29, 0.717) is 13.2 Å². The van der Waals surface area contributed by atoms with Gasteiger partial charge in [0.15, 0.2) is 0 Å². The number of piperidine rings is 1. The van der Waals surface area contributed by atoms with Crippen molar-refractivity contribution in [2.75, 3.05) is 26.2 Å². The quantitative estimate of drug-likeness (QED) is 0.868. The molecule has 1 fully saturated rings. The Labute approximate surface area is 110 Å². The fourth-order valence-corrected chi connectivity index (χ4v) is 2.60. The number of nitrogens with zero attached hydrogens (tertiary/aromatic N) is 1. The third kappa shape index (κ3) is 4.00. The zero-order valence-electron chi connectivity index (χ0n) is 11.3. The Morgan fingerprint density at radius 1 is 1.44 bits per heavy atom. The number of rotatable bonds is 5. The highest BCUT2D eigenvalue weighted by Gasteiger charge is 2.16. The fourth-order valence-electron chi connectivity index (χ4n) is 2.60. The Balaban J connectivity index is 1.91. The van der Waals surface area contributed by atoms with Crippen molar-refractivity contribution in [2.24, 2.45) is 11.7 Å². The predicted molar refractivity (Wildman–Crippen MR) is 74.7 cm³/mol. The van der Waals surface area contributed by atoms with Crippen LogP contribution in [0.25, 0.3) is 0 Å². The van der Waals surface area contributed by atoms with E-state index in [4.69, 9.17) is 10.5 Å². The van der Waals surface area contributed by atoms with Gasteiger partial charge in [0.1, 0.15) is 12.4 Å². The maximum atomic E-state index is 5.56. The summed E-state index contributed by atoms with van der Waals surface area (Å²) >= 11 is 0. The van der Waals surface area contributed by atoms with E-state index in [1.54, 1.807) is 0 Å². The van der Waals surface area contributed by atoms with Crippen LogP contribution in [0.5, 0.6) is 5.75 Å². The molecule has 2 rings (SSSR count). The second-order valence-electron chi connectivity index (χ2n) is 5.27.